The van der Waals surface area contributed by atoms with Crippen molar-refractivity contribution in [3.8, 4) is 33.4 Å². The summed E-state index contributed by atoms with van der Waals surface area (Å²) in [5.74, 6) is 0. The molecule has 2 aromatic heterocycles. The van der Waals surface area contributed by atoms with E-state index in [0.29, 0.717) is 0 Å². The van der Waals surface area contributed by atoms with Gasteiger partial charge in [-0.25, -0.2) is 0 Å². The average molecular weight is 720 g/mol. The molecule has 11 rings (SSSR count). The number of benzene rings is 9. The van der Waals surface area contributed by atoms with Gasteiger partial charge in [0.1, 0.15) is 11.2 Å². The molecule has 11 aromatic rings. The fraction of sp³-hybridized carbons (Fsp3) is 0. The van der Waals surface area contributed by atoms with Crippen molar-refractivity contribution < 1.29 is 4.42 Å². The third-order valence-corrected chi connectivity index (χ3v) is 12.1. The molecule has 2 nitrogen and oxygen atoms in total. The van der Waals surface area contributed by atoms with Gasteiger partial charge in [0.25, 0.3) is 0 Å². The van der Waals surface area contributed by atoms with Gasteiger partial charge in [0.2, 0.25) is 0 Å². The van der Waals surface area contributed by atoms with Crippen molar-refractivity contribution in [3.05, 3.63) is 200 Å². The molecular weight excluding hydrogens is 687 g/mol. The molecule has 0 bridgehead atoms. The molecular formula is C52H33NOS. The number of furan rings is 1. The van der Waals surface area contributed by atoms with Gasteiger partial charge in [0.05, 0.1) is 0 Å². The first-order valence-corrected chi connectivity index (χ1v) is 19.5. The van der Waals surface area contributed by atoms with Crippen LogP contribution in [0.4, 0.5) is 17.1 Å². The van der Waals surface area contributed by atoms with Crippen LogP contribution in [-0.4, -0.2) is 0 Å². The summed E-state index contributed by atoms with van der Waals surface area (Å²) < 4.78 is 9.14. The van der Waals surface area contributed by atoms with Gasteiger partial charge in [-0.1, -0.05) is 152 Å². The molecule has 9 aromatic carbocycles. The molecule has 0 spiro atoms. The van der Waals surface area contributed by atoms with E-state index in [4.69, 9.17) is 4.42 Å². The van der Waals surface area contributed by atoms with E-state index in [2.05, 4.69) is 193 Å². The molecule has 0 fully saturated rings. The first kappa shape index (κ1) is 31.6. The molecule has 0 aliphatic heterocycles. The second-order valence-corrected chi connectivity index (χ2v) is 15.1. The molecule has 0 unspecified atom stereocenters. The number of anilines is 3. The van der Waals surface area contributed by atoms with Crippen LogP contribution >= 0.6 is 11.3 Å². The second-order valence-electron chi connectivity index (χ2n) is 14.1. The molecule has 0 saturated heterocycles. The first-order valence-electron chi connectivity index (χ1n) is 18.7. The van der Waals surface area contributed by atoms with Crippen LogP contribution in [0.3, 0.4) is 0 Å². The van der Waals surface area contributed by atoms with Crippen LogP contribution in [-0.2, 0) is 0 Å². The number of para-hydroxylation sites is 2. The molecule has 2 heterocycles. The lowest BCUT2D eigenvalue weighted by molar-refractivity contribution is 0.670. The van der Waals surface area contributed by atoms with Crippen LogP contribution in [0, 0.1) is 0 Å². The summed E-state index contributed by atoms with van der Waals surface area (Å²) in [5, 5.41) is 7.35. The third kappa shape index (κ3) is 5.32. The van der Waals surface area contributed by atoms with Crippen molar-refractivity contribution in [1.29, 1.82) is 0 Å². The maximum Gasteiger partial charge on any atom is 0.143 e. The summed E-state index contributed by atoms with van der Waals surface area (Å²) in [6.07, 6.45) is 0. The minimum atomic E-state index is 0.901. The molecule has 0 radical (unpaired) electrons. The topological polar surface area (TPSA) is 16.4 Å². The van der Waals surface area contributed by atoms with Gasteiger partial charge >= 0.3 is 0 Å². The molecule has 55 heavy (non-hydrogen) atoms. The molecule has 0 saturated carbocycles. The minimum absolute atomic E-state index is 0.901. The maximum atomic E-state index is 6.52. The van der Waals surface area contributed by atoms with Gasteiger partial charge in [0, 0.05) is 53.6 Å². The SMILES string of the molecule is c1cc(-c2cccc3ccccc23)cc(N(c2cccc(-c3cccc4c3oc3ccccc34)c2)c2cccc(-c3cccc4c3sc3ccccc34)c2)c1. The first-order chi connectivity index (χ1) is 27.3. The zero-order valence-electron chi connectivity index (χ0n) is 29.8. The summed E-state index contributed by atoms with van der Waals surface area (Å²) >= 11 is 1.87. The Labute approximate surface area is 322 Å². The Balaban J connectivity index is 1.10. The highest BCUT2D eigenvalue weighted by Crippen LogP contribution is 2.44. The highest BCUT2D eigenvalue weighted by atomic mass is 32.1. The molecule has 0 aliphatic carbocycles. The summed E-state index contributed by atoms with van der Waals surface area (Å²) in [5.41, 5.74) is 12.0. The normalized spacial score (nSPS) is 11.6. The monoisotopic (exact) mass is 719 g/mol. The summed E-state index contributed by atoms with van der Waals surface area (Å²) in [6.45, 7) is 0. The fourth-order valence-electron chi connectivity index (χ4n) is 8.31. The van der Waals surface area contributed by atoms with Crippen molar-refractivity contribution in [2.45, 2.75) is 0 Å². The molecule has 0 aliphatic rings. The smallest absolute Gasteiger partial charge is 0.143 e. The van der Waals surface area contributed by atoms with E-state index in [0.717, 1.165) is 50.1 Å². The summed E-state index contributed by atoms with van der Waals surface area (Å²) in [7, 11) is 0. The Bertz CT molecular complexity index is 3080. The number of thiophene rings is 1. The van der Waals surface area contributed by atoms with Gasteiger partial charge in [-0.3, -0.25) is 0 Å². The van der Waals surface area contributed by atoms with Gasteiger partial charge in [0.15, 0.2) is 0 Å². The van der Waals surface area contributed by atoms with Crippen molar-refractivity contribution in [3.63, 3.8) is 0 Å². The maximum absolute atomic E-state index is 6.52. The van der Waals surface area contributed by atoms with E-state index in [9.17, 15) is 0 Å². The Kier molecular flexibility index (Phi) is 7.39. The van der Waals surface area contributed by atoms with E-state index in [1.165, 1.54) is 53.2 Å². The Morgan fingerprint density at radius 1 is 0.364 bits per heavy atom. The Hall–Kier alpha value is -6.94. The summed E-state index contributed by atoms with van der Waals surface area (Å²) in [4.78, 5) is 2.39. The second kappa shape index (κ2) is 12.9. The standard InChI is InChI=1S/C52H33NOS/c1-2-21-41-34(13-1)14-10-24-42(41)35-15-7-18-38(31-35)53(39-19-8-16-36(32-39)43-25-11-27-47-45-22-3-5-29-49(45)54-51(43)47)40-20-9-17-37(33-40)44-26-12-28-48-46-23-4-6-30-50(46)55-52(44)48/h1-33H. The zero-order valence-corrected chi connectivity index (χ0v) is 30.6. The number of hydrogen-bond acceptors (Lipinski definition) is 3. The van der Waals surface area contributed by atoms with E-state index < -0.39 is 0 Å². The van der Waals surface area contributed by atoms with Gasteiger partial charge in [-0.2, -0.15) is 0 Å². The predicted octanol–water partition coefficient (Wildman–Crippen LogP) is 15.6. The number of rotatable bonds is 6. The Morgan fingerprint density at radius 3 is 1.64 bits per heavy atom. The fourth-order valence-corrected chi connectivity index (χ4v) is 9.55. The Morgan fingerprint density at radius 2 is 0.873 bits per heavy atom. The number of fused-ring (bicyclic) bond motifs is 7. The summed E-state index contributed by atoms with van der Waals surface area (Å²) in [6, 6.07) is 72.2. The lowest BCUT2D eigenvalue weighted by Crippen LogP contribution is -2.10. The van der Waals surface area contributed by atoms with E-state index in [-0.39, 0.29) is 0 Å². The van der Waals surface area contributed by atoms with Crippen LogP contribution in [0.5, 0.6) is 0 Å². The van der Waals surface area contributed by atoms with Gasteiger partial charge in [-0.15, -0.1) is 11.3 Å². The van der Waals surface area contributed by atoms with Crippen LogP contribution < -0.4 is 4.90 Å². The molecule has 0 amide bonds. The van der Waals surface area contributed by atoms with Crippen molar-refractivity contribution in [1.82, 2.24) is 0 Å². The van der Waals surface area contributed by atoms with Crippen molar-refractivity contribution in [2.75, 3.05) is 4.90 Å². The highest BCUT2D eigenvalue weighted by molar-refractivity contribution is 7.26. The lowest BCUT2D eigenvalue weighted by Gasteiger charge is -2.27. The van der Waals surface area contributed by atoms with Gasteiger partial charge in [-0.05, 0) is 87.1 Å². The third-order valence-electron chi connectivity index (χ3n) is 10.8. The molecule has 0 atom stereocenters. The molecule has 3 heteroatoms. The zero-order chi connectivity index (χ0) is 36.3. The van der Waals surface area contributed by atoms with Crippen LogP contribution in [0.15, 0.2) is 205 Å². The van der Waals surface area contributed by atoms with Crippen LogP contribution in [0.25, 0.3) is 86.3 Å². The van der Waals surface area contributed by atoms with Crippen molar-refractivity contribution >= 4 is 81.3 Å². The predicted molar refractivity (Wildman–Crippen MR) is 235 cm³/mol. The largest absolute Gasteiger partial charge is 0.455 e. The minimum Gasteiger partial charge on any atom is -0.455 e. The molecule has 0 N–H and O–H groups in total. The average Bonchev–Trinajstić information content (AvgIpc) is 3.83. The van der Waals surface area contributed by atoms with Crippen LogP contribution in [0.2, 0.25) is 0 Å². The highest BCUT2D eigenvalue weighted by Gasteiger charge is 2.19. The van der Waals surface area contributed by atoms with Gasteiger partial charge < -0.3 is 9.32 Å². The lowest BCUT2D eigenvalue weighted by atomic mass is 9.97. The van der Waals surface area contributed by atoms with Crippen molar-refractivity contribution in [2.24, 2.45) is 0 Å². The van der Waals surface area contributed by atoms with E-state index in [1.807, 2.05) is 23.5 Å². The van der Waals surface area contributed by atoms with Crippen LogP contribution in [0.1, 0.15) is 0 Å². The van der Waals surface area contributed by atoms with E-state index >= 15 is 0 Å². The quantitative estimate of drug-likeness (QED) is 0.170. The van der Waals surface area contributed by atoms with E-state index in [1.54, 1.807) is 0 Å². The number of hydrogen-bond donors (Lipinski definition) is 0. The number of nitrogens with zero attached hydrogens (tertiary/aromatic N) is 1. The molecule has 258 valence electrons.